The van der Waals surface area contributed by atoms with Gasteiger partial charge in [-0.25, -0.2) is 0 Å². The van der Waals surface area contributed by atoms with Gasteiger partial charge < -0.3 is 5.73 Å². The quantitative estimate of drug-likeness (QED) is 0.749. The Hall–Kier alpha value is -0.870. The second kappa shape index (κ2) is 3.89. The van der Waals surface area contributed by atoms with Crippen LogP contribution < -0.4 is 5.73 Å². The molecule has 0 aliphatic heterocycles. The normalized spacial score (nSPS) is 10.8. The molecule has 1 heterocycles. The van der Waals surface area contributed by atoms with Crippen LogP contribution in [0.25, 0.3) is 0 Å². The summed E-state index contributed by atoms with van der Waals surface area (Å²) in [5.74, 6) is -0.183. The predicted molar refractivity (Wildman–Crippen MR) is 51.0 cm³/mol. The molecule has 0 radical (unpaired) electrons. The molecule has 5 heteroatoms. The molecule has 1 aromatic heterocycles. The fourth-order valence-electron chi connectivity index (χ4n) is 1.00. The predicted octanol–water partition coefficient (Wildman–Crippen LogP) is 1.26. The maximum absolute atomic E-state index is 11.2. The van der Waals surface area contributed by atoms with Crippen LogP contribution in [0, 0.1) is 0 Å². The fraction of sp³-hybridized carbons (Fsp3) is 0.500. The highest BCUT2D eigenvalue weighted by molar-refractivity contribution is 6.33. The number of hydrogen-bond acceptors (Lipinski definition) is 3. The Kier molecular flexibility index (Phi) is 3.06. The summed E-state index contributed by atoms with van der Waals surface area (Å²) in [6.07, 6.45) is 1.46. The summed E-state index contributed by atoms with van der Waals surface area (Å²) in [5, 5.41) is 4.36. The third-order valence-electron chi connectivity index (χ3n) is 1.71. The number of carbonyl (C=O) groups is 1. The molecule has 0 aromatic carbocycles. The maximum Gasteiger partial charge on any atom is 0.181 e. The molecule has 4 nitrogen and oxygen atoms in total. The van der Waals surface area contributed by atoms with Gasteiger partial charge in [-0.15, -0.1) is 0 Å². The number of ketones is 1. The Balaban J connectivity index is 3.06. The summed E-state index contributed by atoms with van der Waals surface area (Å²) in [6, 6.07) is 0.145. The maximum atomic E-state index is 11.2. The van der Waals surface area contributed by atoms with Crippen molar-refractivity contribution in [3.63, 3.8) is 0 Å². The van der Waals surface area contributed by atoms with Gasteiger partial charge in [0.25, 0.3) is 0 Å². The molecule has 2 N–H and O–H groups in total. The summed E-state index contributed by atoms with van der Waals surface area (Å²) in [7, 11) is 0. The van der Waals surface area contributed by atoms with Crippen LogP contribution in [0.5, 0.6) is 0 Å². The van der Waals surface area contributed by atoms with Crippen LogP contribution in [0.3, 0.4) is 0 Å². The van der Waals surface area contributed by atoms with Gasteiger partial charge in [0, 0.05) is 6.04 Å². The van der Waals surface area contributed by atoms with Gasteiger partial charge in [-0.3, -0.25) is 9.48 Å². The summed E-state index contributed by atoms with van der Waals surface area (Å²) >= 11 is 5.92. The van der Waals surface area contributed by atoms with Crippen molar-refractivity contribution < 1.29 is 4.79 Å². The number of Topliss-reactive ketones (excluding diaryl/α,β-unsaturated/α-hetero) is 1. The molecule has 0 aliphatic carbocycles. The number of rotatable bonds is 3. The van der Waals surface area contributed by atoms with E-state index < -0.39 is 0 Å². The standard InChI is InChI=1S/C8H12ClN3O/c1-5(2)12-8(9)6(4-11-12)7(13)3-10/h4-5H,3,10H2,1-2H3. The van der Waals surface area contributed by atoms with Gasteiger partial charge >= 0.3 is 0 Å². The molecule has 0 unspecified atom stereocenters. The van der Waals surface area contributed by atoms with E-state index in [0.29, 0.717) is 10.7 Å². The van der Waals surface area contributed by atoms with Gasteiger partial charge in [0.2, 0.25) is 0 Å². The largest absolute Gasteiger partial charge is 0.324 e. The monoisotopic (exact) mass is 201 g/mol. The van der Waals surface area contributed by atoms with Gasteiger partial charge in [-0.1, -0.05) is 11.6 Å². The molecule has 0 bridgehead atoms. The van der Waals surface area contributed by atoms with Gasteiger partial charge in [0.15, 0.2) is 5.78 Å². The Morgan fingerprint density at radius 3 is 2.77 bits per heavy atom. The van der Waals surface area contributed by atoms with Crippen LogP contribution >= 0.6 is 11.6 Å². The zero-order valence-corrected chi connectivity index (χ0v) is 8.38. The molecule has 0 spiro atoms. The van der Waals surface area contributed by atoms with Crippen molar-refractivity contribution in [2.45, 2.75) is 19.9 Å². The van der Waals surface area contributed by atoms with Crippen molar-refractivity contribution in [1.82, 2.24) is 9.78 Å². The smallest absolute Gasteiger partial charge is 0.181 e. The molecule has 0 saturated carbocycles. The molecule has 0 saturated heterocycles. The third-order valence-corrected chi connectivity index (χ3v) is 2.09. The lowest BCUT2D eigenvalue weighted by molar-refractivity contribution is 0.100. The van der Waals surface area contributed by atoms with E-state index in [-0.39, 0.29) is 18.4 Å². The van der Waals surface area contributed by atoms with Gasteiger partial charge in [-0.05, 0) is 13.8 Å². The molecule has 0 aliphatic rings. The molecule has 0 amide bonds. The fourth-order valence-corrected chi connectivity index (χ4v) is 1.40. The number of hydrogen-bond donors (Lipinski definition) is 1. The van der Waals surface area contributed by atoms with E-state index in [4.69, 9.17) is 17.3 Å². The van der Waals surface area contributed by atoms with Crippen LogP contribution in [-0.4, -0.2) is 22.1 Å². The second-order valence-corrected chi connectivity index (χ2v) is 3.37. The Morgan fingerprint density at radius 2 is 2.38 bits per heavy atom. The minimum Gasteiger partial charge on any atom is -0.324 e. The first-order chi connectivity index (χ1) is 6.07. The Bertz CT molecular complexity index is 319. The zero-order valence-electron chi connectivity index (χ0n) is 7.62. The lowest BCUT2D eigenvalue weighted by Crippen LogP contribution is -2.13. The van der Waals surface area contributed by atoms with Crippen molar-refractivity contribution >= 4 is 17.4 Å². The minimum atomic E-state index is -0.183. The van der Waals surface area contributed by atoms with Crippen molar-refractivity contribution in [1.29, 1.82) is 0 Å². The lowest BCUT2D eigenvalue weighted by Gasteiger charge is -2.06. The van der Waals surface area contributed by atoms with Gasteiger partial charge in [0.05, 0.1) is 18.3 Å². The van der Waals surface area contributed by atoms with E-state index in [1.807, 2.05) is 13.8 Å². The van der Waals surface area contributed by atoms with Crippen LogP contribution in [-0.2, 0) is 0 Å². The highest BCUT2D eigenvalue weighted by atomic mass is 35.5. The summed E-state index contributed by atoms with van der Waals surface area (Å²) < 4.78 is 1.59. The average Bonchev–Trinajstić information content (AvgIpc) is 2.46. The Morgan fingerprint density at radius 1 is 1.77 bits per heavy atom. The van der Waals surface area contributed by atoms with E-state index in [1.165, 1.54) is 6.20 Å². The number of carbonyl (C=O) groups excluding carboxylic acids is 1. The third kappa shape index (κ3) is 1.89. The Labute approximate surface area is 81.7 Å². The highest BCUT2D eigenvalue weighted by Crippen LogP contribution is 2.19. The summed E-state index contributed by atoms with van der Waals surface area (Å²) in [6.45, 7) is 3.84. The summed E-state index contributed by atoms with van der Waals surface area (Å²) in [4.78, 5) is 11.2. The highest BCUT2D eigenvalue weighted by Gasteiger charge is 2.15. The number of nitrogens with zero attached hydrogens (tertiary/aromatic N) is 2. The van der Waals surface area contributed by atoms with Crippen molar-refractivity contribution in [2.24, 2.45) is 5.73 Å². The molecular weight excluding hydrogens is 190 g/mol. The first-order valence-electron chi connectivity index (χ1n) is 4.04. The molecule has 0 fully saturated rings. The van der Waals surface area contributed by atoms with Crippen molar-refractivity contribution in [3.05, 3.63) is 16.9 Å². The zero-order chi connectivity index (χ0) is 10.0. The molecule has 0 atom stereocenters. The van der Waals surface area contributed by atoms with Crippen molar-refractivity contribution in [3.8, 4) is 0 Å². The SMILES string of the molecule is CC(C)n1ncc(C(=O)CN)c1Cl. The number of aromatic nitrogens is 2. The van der Waals surface area contributed by atoms with Crippen molar-refractivity contribution in [2.75, 3.05) is 6.54 Å². The van der Waals surface area contributed by atoms with E-state index in [9.17, 15) is 4.79 Å². The number of halogens is 1. The van der Waals surface area contributed by atoms with E-state index >= 15 is 0 Å². The average molecular weight is 202 g/mol. The van der Waals surface area contributed by atoms with Crippen LogP contribution in [0.1, 0.15) is 30.2 Å². The lowest BCUT2D eigenvalue weighted by atomic mass is 10.2. The van der Waals surface area contributed by atoms with Crippen LogP contribution in [0.15, 0.2) is 6.20 Å². The number of nitrogens with two attached hydrogens (primary N) is 1. The second-order valence-electron chi connectivity index (χ2n) is 3.01. The molecule has 1 aromatic rings. The molecule has 72 valence electrons. The first kappa shape index (κ1) is 10.2. The van der Waals surface area contributed by atoms with Gasteiger partial charge in [-0.2, -0.15) is 5.10 Å². The van der Waals surface area contributed by atoms with Crippen LogP contribution in [0.4, 0.5) is 0 Å². The minimum absolute atomic E-state index is 0.0382. The van der Waals surface area contributed by atoms with E-state index in [2.05, 4.69) is 5.10 Å². The van der Waals surface area contributed by atoms with Gasteiger partial charge in [0.1, 0.15) is 5.15 Å². The van der Waals surface area contributed by atoms with E-state index in [0.717, 1.165) is 0 Å². The summed E-state index contributed by atoms with van der Waals surface area (Å²) in [5.41, 5.74) is 5.61. The van der Waals surface area contributed by atoms with Crippen LogP contribution in [0.2, 0.25) is 5.15 Å². The molecular formula is C8H12ClN3O. The molecule has 1 rings (SSSR count). The molecule has 13 heavy (non-hydrogen) atoms. The first-order valence-corrected chi connectivity index (χ1v) is 4.42. The van der Waals surface area contributed by atoms with E-state index in [1.54, 1.807) is 4.68 Å². The topological polar surface area (TPSA) is 60.9 Å².